The van der Waals surface area contributed by atoms with Crippen molar-refractivity contribution in [1.29, 1.82) is 0 Å². The van der Waals surface area contributed by atoms with Crippen LogP contribution < -0.4 is 9.47 Å². The predicted octanol–water partition coefficient (Wildman–Crippen LogP) is 5.41. The number of carboxylic acids is 1. The zero-order valence-electron chi connectivity index (χ0n) is 17.6. The van der Waals surface area contributed by atoms with E-state index >= 15 is 0 Å². The molecule has 0 unspecified atom stereocenters. The lowest BCUT2D eigenvalue weighted by Gasteiger charge is -2.15. The SMILES string of the molecule is CCOc1cc(/C=C2\SC(=S)N(CCC(=O)O)C2=O)cc(Br)c1OCc1ccc(C)cc1. The Kier molecular flexibility index (Phi) is 8.33. The fourth-order valence-corrected chi connectivity index (χ4v) is 4.85. The molecule has 0 bridgehead atoms. The first-order valence-electron chi connectivity index (χ1n) is 9.90. The van der Waals surface area contributed by atoms with Crippen molar-refractivity contribution in [3.8, 4) is 11.5 Å². The maximum absolute atomic E-state index is 12.7. The van der Waals surface area contributed by atoms with Gasteiger partial charge in [-0.15, -0.1) is 0 Å². The Morgan fingerprint density at radius 1 is 1.25 bits per heavy atom. The van der Waals surface area contributed by atoms with Gasteiger partial charge in [-0.05, 0) is 59.1 Å². The van der Waals surface area contributed by atoms with E-state index in [-0.39, 0.29) is 18.9 Å². The Morgan fingerprint density at radius 3 is 2.62 bits per heavy atom. The fraction of sp³-hybridized carbons (Fsp3) is 0.261. The minimum Gasteiger partial charge on any atom is -0.490 e. The lowest BCUT2D eigenvalue weighted by Crippen LogP contribution is -2.30. The van der Waals surface area contributed by atoms with Gasteiger partial charge in [0.25, 0.3) is 5.91 Å². The molecule has 0 saturated carbocycles. The first-order chi connectivity index (χ1) is 15.3. The highest BCUT2D eigenvalue weighted by Crippen LogP contribution is 2.39. The number of carbonyl (C=O) groups is 2. The number of nitrogens with zero attached hydrogens (tertiary/aromatic N) is 1. The third-order valence-electron chi connectivity index (χ3n) is 4.56. The smallest absolute Gasteiger partial charge is 0.305 e. The molecule has 1 aliphatic heterocycles. The van der Waals surface area contributed by atoms with Crippen LogP contribution in [-0.4, -0.2) is 39.4 Å². The van der Waals surface area contributed by atoms with Crippen molar-refractivity contribution in [2.45, 2.75) is 26.9 Å². The van der Waals surface area contributed by atoms with E-state index in [2.05, 4.69) is 15.9 Å². The third kappa shape index (κ3) is 6.11. The van der Waals surface area contributed by atoms with Crippen LogP contribution in [0.1, 0.15) is 30.0 Å². The molecule has 0 atom stereocenters. The Labute approximate surface area is 204 Å². The number of benzene rings is 2. The predicted molar refractivity (Wildman–Crippen MR) is 133 cm³/mol. The number of amides is 1. The van der Waals surface area contributed by atoms with Gasteiger partial charge in [0.1, 0.15) is 10.9 Å². The molecule has 0 aliphatic carbocycles. The summed E-state index contributed by atoms with van der Waals surface area (Å²) in [6.45, 7) is 4.82. The summed E-state index contributed by atoms with van der Waals surface area (Å²) in [5.41, 5.74) is 2.96. The summed E-state index contributed by atoms with van der Waals surface area (Å²) >= 11 is 9.96. The standard InChI is InChI=1S/C23H22BrNO5S2/c1-3-29-18-11-16(12-19-22(28)25(23(31)32-19)9-8-20(26)27)10-17(24)21(18)30-13-15-6-4-14(2)5-7-15/h4-7,10-12H,3,8-9,13H2,1-2H3,(H,26,27)/b19-12-. The van der Waals surface area contributed by atoms with Crippen LogP contribution in [0, 0.1) is 6.92 Å². The van der Waals surface area contributed by atoms with Crippen LogP contribution in [0.5, 0.6) is 11.5 Å². The van der Waals surface area contributed by atoms with E-state index in [1.54, 1.807) is 6.08 Å². The van der Waals surface area contributed by atoms with E-state index in [1.165, 1.54) is 10.5 Å². The molecule has 2 aromatic rings. The molecule has 32 heavy (non-hydrogen) atoms. The molecule has 1 heterocycles. The molecule has 1 saturated heterocycles. The summed E-state index contributed by atoms with van der Waals surface area (Å²) in [5.74, 6) is -0.134. The summed E-state index contributed by atoms with van der Waals surface area (Å²) in [4.78, 5) is 25.3. The second kappa shape index (κ2) is 11.0. The molecule has 6 nitrogen and oxygen atoms in total. The number of rotatable bonds is 9. The van der Waals surface area contributed by atoms with Crippen LogP contribution >= 0.6 is 39.9 Å². The molecule has 0 aromatic heterocycles. The minimum atomic E-state index is -0.977. The fourth-order valence-electron chi connectivity index (χ4n) is 2.97. The number of carboxylic acid groups (broad SMARTS) is 1. The Balaban J connectivity index is 1.82. The van der Waals surface area contributed by atoms with Crippen LogP contribution in [0.3, 0.4) is 0 Å². The summed E-state index contributed by atoms with van der Waals surface area (Å²) in [5, 5.41) is 8.88. The van der Waals surface area contributed by atoms with Crippen molar-refractivity contribution in [2.24, 2.45) is 0 Å². The first-order valence-corrected chi connectivity index (χ1v) is 11.9. The quantitative estimate of drug-likeness (QED) is 0.339. The van der Waals surface area contributed by atoms with Crippen LogP contribution in [0.25, 0.3) is 6.08 Å². The van der Waals surface area contributed by atoms with E-state index in [0.717, 1.165) is 22.9 Å². The second-order valence-electron chi connectivity index (χ2n) is 7.01. The Bertz CT molecular complexity index is 1070. The van der Waals surface area contributed by atoms with Gasteiger partial charge in [0.15, 0.2) is 11.5 Å². The van der Waals surface area contributed by atoms with Crippen molar-refractivity contribution >= 4 is 62.2 Å². The maximum atomic E-state index is 12.7. The van der Waals surface area contributed by atoms with Gasteiger partial charge in [0.05, 0.1) is 22.4 Å². The van der Waals surface area contributed by atoms with Crippen LogP contribution in [0.15, 0.2) is 45.8 Å². The van der Waals surface area contributed by atoms with Crippen LogP contribution in [0.2, 0.25) is 0 Å². The van der Waals surface area contributed by atoms with Crippen LogP contribution in [-0.2, 0) is 16.2 Å². The highest BCUT2D eigenvalue weighted by Gasteiger charge is 2.32. The van der Waals surface area contributed by atoms with Gasteiger partial charge in [-0.25, -0.2) is 0 Å². The molecule has 0 spiro atoms. The molecule has 168 valence electrons. The van der Waals surface area contributed by atoms with Crippen LogP contribution in [0.4, 0.5) is 0 Å². The average Bonchev–Trinajstić information content (AvgIpc) is 3.00. The molecule has 3 rings (SSSR count). The number of hydrogen-bond donors (Lipinski definition) is 1. The topological polar surface area (TPSA) is 76.1 Å². The third-order valence-corrected chi connectivity index (χ3v) is 6.52. The maximum Gasteiger partial charge on any atom is 0.305 e. The van der Waals surface area contributed by atoms with Gasteiger partial charge < -0.3 is 14.6 Å². The summed E-state index contributed by atoms with van der Waals surface area (Å²) in [7, 11) is 0. The van der Waals surface area contributed by atoms with Gasteiger partial charge in [0.2, 0.25) is 0 Å². The van der Waals surface area contributed by atoms with Gasteiger partial charge in [-0.3, -0.25) is 14.5 Å². The monoisotopic (exact) mass is 535 g/mol. The van der Waals surface area contributed by atoms with E-state index < -0.39 is 5.97 Å². The molecule has 9 heteroatoms. The van der Waals surface area contributed by atoms with Crippen molar-refractivity contribution in [3.05, 3.63) is 62.5 Å². The number of hydrogen-bond acceptors (Lipinski definition) is 6. The normalized spacial score (nSPS) is 14.8. The van der Waals surface area contributed by atoms with E-state index in [9.17, 15) is 9.59 Å². The number of thiocarbonyl (C=S) groups is 1. The molecule has 1 aliphatic rings. The number of aryl methyl sites for hydroxylation is 1. The van der Waals surface area contributed by atoms with Gasteiger partial charge in [-0.2, -0.15) is 0 Å². The summed E-state index contributed by atoms with van der Waals surface area (Å²) in [6.07, 6.45) is 1.56. The Morgan fingerprint density at radius 2 is 1.97 bits per heavy atom. The number of aliphatic carboxylic acids is 1. The number of carbonyl (C=O) groups excluding carboxylic acids is 1. The largest absolute Gasteiger partial charge is 0.490 e. The van der Waals surface area contributed by atoms with Gasteiger partial charge >= 0.3 is 5.97 Å². The number of ether oxygens (including phenoxy) is 2. The minimum absolute atomic E-state index is 0.0526. The van der Waals surface area contributed by atoms with E-state index in [1.807, 2.05) is 50.2 Å². The molecule has 1 N–H and O–H groups in total. The van der Waals surface area contributed by atoms with Crippen molar-refractivity contribution in [2.75, 3.05) is 13.2 Å². The second-order valence-corrected chi connectivity index (χ2v) is 9.54. The van der Waals surface area contributed by atoms with Crippen molar-refractivity contribution in [1.82, 2.24) is 4.90 Å². The van der Waals surface area contributed by atoms with Crippen molar-refractivity contribution in [3.63, 3.8) is 0 Å². The zero-order valence-corrected chi connectivity index (χ0v) is 20.8. The number of thioether (sulfide) groups is 1. The Hall–Kier alpha value is -2.36. The average molecular weight is 536 g/mol. The molecule has 0 radical (unpaired) electrons. The first kappa shape index (κ1) is 24.3. The highest BCUT2D eigenvalue weighted by atomic mass is 79.9. The molecule has 1 amide bonds. The van der Waals surface area contributed by atoms with E-state index in [4.69, 9.17) is 26.8 Å². The van der Waals surface area contributed by atoms with Gasteiger partial charge in [-0.1, -0.05) is 53.8 Å². The lowest BCUT2D eigenvalue weighted by atomic mass is 10.1. The molecule has 1 fully saturated rings. The lowest BCUT2D eigenvalue weighted by molar-refractivity contribution is -0.137. The number of halogens is 1. The molecule has 2 aromatic carbocycles. The van der Waals surface area contributed by atoms with Crippen molar-refractivity contribution < 1.29 is 24.2 Å². The highest BCUT2D eigenvalue weighted by molar-refractivity contribution is 9.10. The van der Waals surface area contributed by atoms with E-state index in [0.29, 0.717) is 38.4 Å². The molecular formula is C23H22BrNO5S2. The summed E-state index contributed by atoms with van der Waals surface area (Å²) < 4.78 is 12.9. The van der Waals surface area contributed by atoms with Gasteiger partial charge in [0, 0.05) is 6.54 Å². The zero-order chi connectivity index (χ0) is 23.3. The summed E-state index contributed by atoms with van der Waals surface area (Å²) in [6, 6.07) is 11.8. The molecular weight excluding hydrogens is 514 g/mol.